The summed E-state index contributed by atoms with van der Waals surface area (Å²) in [6.45, 7) is 2.13. The number of allylic oxidation sites excluding steroid dienone is 2. The lowest BCUT2D eigenvalue weighted by Gasteiger charge is -1.94. The number of esters is 1. The highest BCUT2D eigenvalue weighted by Gasteiger charge is 1.91. The first-order valence-electron chi connectivity index (χ1n) is 5.43. The number of carbonyl (C=O) groups excluding carboxylic acids is 1. The maximum absolute atomic E-state index is 11.0. The van der Waals surface area contributed by atoms with E-state index < -0.39 is 0 Å². The van der Waals surface area contributed by atoms with Crippen molar-refractivity contribution in [2.45, 2.75) is 6.92 Å². The first kappa shape index (κ1) is 13.5. The molecule has 0 atom stereocenters. The molecule has 0 saturated heterocycles. The highest BCUT2D eigenvalue weighted by molar-refractivity contribution is 5.82. The second-order valence-corrected chi connectivity index (χ2v) is 3.25. The summed E-state index contributed by atoms with van der Waals surface area (Å²) in [5, 5.41) is 3.47. The molecule has 0 aliphatic heterocycles. The van der Waals surface area contributed by atoms with Crippen molar-refractivity contribution in [3.63, 3.8) is 0 Å². The molecular formula is C13H13N3O2. The Labute approximate surface area is 105 Å². The average molecular weight is 243 g/mol. The minimum atomic E-state index is -0.360. The fourth-order valence-electron chi connectivity index (χ4n) is 1.19. The van der Waals surface area contributed by atoms with Crippen molar-refractivity contribution in [2.75, 3.05) is 6.61 Å². The van der Waals surface area contributed by atoms with Gasteiger partial charge in [-0.25, -0.2) is 4.79 Å². The van der Waals surface area contributed by atoms with Crippen LogP contribution in [0.25, 0.3) is 16.5 Å². The quantitative estimate of drug-likeness (QED) is 0.197. The predicted octanol–water partition coefficient (Wildman–Crippen LogP) is 3.76. The highest BCUT2D eigenvalue weighted by atomic mass is 16.5. The molecule has 0 fully saturated rings. The third-order valence-electron chi connectivity index (χ3n) is 1.97. The molecular weight excluding hydrogens is 230 g/mol. The van der Waals surface area contributed by atoms with Crippen LogP contribution in [0.3, 0.4) is 0 Å². The molecule has 5 heteroatoms. The van der Waals surface area contributed by atoms with Crippen molar-refractivity contribution in [3.05, 3.63) is 58.5 Å². The molecule has 92 valence electrons. The van der Waals surface area contributed by atoms with Gasteiger partial charge in [-0.1, -0.05) is 47.6 Å². The molecule has 0 aliphatic rings. The molecule has 0 bridgehead atoms. The van der Waals surface area contributed by atoms with Crippen molar-refractivity contribution >= 4 is 17.7 Å². The zero-order chi connectivity index (χ0) is 13.2. The fraction of sp³-hybridized carbons (Fsp3) is 0.154. The van der Waals surface area contributed by atoms with Gasteiger partial charge in [0.05, 0.1) is 6.61 Å². The third kappa shape index (κ3) is 5.01. The van der Waals surface area contributed by atoms with Gasteiger partial charge >= 0.3 is 5.97 Å². The van der Waals surface area contributed by atoms with Gasteiger partial charge in [-0.05, 0) is 18.0 Å². The summed E-state index contributed by atoms with van der Waals surface area (Å²) < 4.78 is 4.73. The van der Waals surface area contributed by atoms with Gasteiger partial charge in [0, 0.05) is 16.7 Å². The molecule has 0 unspecified atom stereocenters. The number of hydrogen-bond donors (Lipinski definition) is 0. The van der Waals surface area contributed by atoms with Gasteiger partial charge in [-0.15, -0.1) is 0 Å². The minimum Gasteiger partial charge on any atom is -0.463 e. The lowest BCUT2D eigenvalue weighted by molar-refractivity contribution is -0.137. The number of nitrogens with zero attached hydrogens (tertiary/aromatic N) is 3. The Morgan fingerprint density at radius 3 is 2.72 bits per heavy atom. The Morgan fingerprint density at radius 2 is 2.11 bits per heavy atom. The summed E-state index contributed by atoms with van der Waals surface area (Å²) in [6, 6.07) is 7.07. The van der Waals surface area contributed by atoms with Gasteiger partial charge in [0.1, 0.15) is 0 Å². The Balaban J connectivity index is 2.56. The van der Waals surface area contributed by atoms with Gasteiger partial charge in [-0.3, -0.25) is 0 Å². The van der Waals surface area contributed by atoms with E-state index >= 15 is 0 Å². The summed E-state index contributed by atoms with van der Waals surface area (Å²) in [4.78, 5) is 13.7. The van der Waals surface area contributed by atoms with Crippen LogP contribution in [-0.2, 0) is 9.53 Å². The minimum absolute atomic E-state index is 0.360. The van der Waals surface area contributed by atoms with E-state index in [1.807, 2.05) is 18.2 Å². The van der Waals surface area contributed by atoms with Gasteiger partial charge in [-0.2, -0.15) is 0 Å². The number of rotatable bonds is 5. The van der Waals surface area contributed by atoms with Crippen LogP contribution in [0.4, 0.5) is 5.69 Å². The second-order valence-electron chi connectivity index (χ2n) is 3.25. The van der Waals surface area contributed by atoms with Crippen molar-refractivity contribution < 1.29 is 9.53 Å². The molecule has 0 amide bonds. The molecule has 0 spiro atoms. The van der Waals surface area contributed by atoms with E-state index in [0.29, 0.717) is 12.3 Å². The Hall–Kier alpha value is -2.52. The van der Waals surface area contributed by atoms with Crippen molar-refractivity contribution in [3.8, 4) is 0 Å². The van der Waals surface area contributed by atoms with Crippen LogP contribution in [0.2, 0.25) is 0 Å². The van der Waals surface area contributed by atoms with E-state index in [4.69, 9.17) is 10.3 Å². The molecule has 18 heavy (non-hydrogen) atoms. The number of carbonyl (C=O) groups is 1. The maximum Gasteiger partial charge on any atom is 0.330 e. The molecule has 1 aromatic carbocycles. The number of azide groups is 1. The van der Waals surface area contributed by atoms with Crippen LogP contribution in [-0.4, -0.2) is 12.6 Å². The van der Waals surface area contributed by atoms with E-state index in [1.54, 1.807) is 31.2 Å². The third-order valence-corrected chi connectivity index (χ3v) is 1.97. The summed E-state index contributed by atoms with van der Waals surface area (Å²) in [5.41, 5.74) is 9.76. The molecule has 0 aromatic heterocycles. The smallest absolute Gasteiger partial charge is 0.330 e. The second kappa shape index (κ2) is 7.70. The first-order chi connectivity index (χ1) is 8.76. The first-order valence-corrected chi connectivity index (χ1v) is 5.43. The topological polar surface area (TPSA) is 75.1 Å². The van der Waals surface area contributed by atoms with E-state index in [1.165, 1.54) is 6.08 Å². The molecule has 1 rings (SSSR count). The van der Waals surface area contributed by atoms with Crippen LogP contribution in [0.15, 0.2) is 47.6 Å². The Morgan fingerprint density at radius 1 is 1.39 bits per heavy atom. The number of hydrogen-bond acceptors (Lipinski definition) is 3. The van der Waals surface area contributed by atoms with Gasteiger partial charge in [0.15, 0.2) is 0 Å². The lowest BCUT2D eigenvalue weighted by atomic mass is 10.2. The van der Waals surface area contributed by atoms with E-state index in [9.17, 15) is 4.79 Å². The number of ether oxygens (including phenoxy) is 1. The Bertz CT molecular complexity index is 497. The summed E-state index contributed by atoms with van der Waals surface area (Å²) >= 11 is 0. The molecule has 0 saturated carbocycles. The van der Waals surface area contributed by atoms with E-state index in [0.717, 1.165) is 5.56 Å². The predicted molar refractivity (Wildman–Crippen MR) is 70.1 cm³/mol. The van der Waals surface area contributed by atoms with Crippen LogP contribution < -0.4 is 0 Å². The van der Waals surface area contributed by atoms with Gasteiger partial charge in [0.2, 0.25) is 0 Å². The number of benzene rings is 1. The lowest BCUT2D eigenvalue weighted by Crippen LogP contribution is -1.98. The summed E-state index contributed by atoms with van der Waals surface area (Å²) in [5.74, 6) is -0.360. The SMILES string of the molecule is CCOC(=O)C=CC=Cc1ccc(N=[N+]=[N-])cc1. The van der Waals surface area contributed by atoms with Gasteiger partial charge in [0.25, 0.3) is 0 Å². The normalized spacial score (nSPS) is 10.5. The molecule has 0 heterocycles. The average Bonchev–Trinajstić information content (AvgIpc) is 2.37. The zero-order valence-corrected chi connectivity index (χ0v) is 9.98. The molecule has 1 aromatic rings. The molecule has 0 aliphatic carbocycles. The monoisotopic (exact) mass is 243 g/mol. The molecule has 0 N–H and O–H groups in total. The Kier molecular flexibility index (Phi) is 5.80. The van der Waals surface area contributed by atoms with E-state index in [2.05, 4.69) is 10.0 Å². The fourth-order valence-corrected chi connectivity index (χ4v) is 1.19. The largest absolute Gasteiger partial charge is 0.463 e. The summed E-state index contributed by atoms with van der Waals surface area (Å²) in [7, 11) is 0. The van der Waals surface area contributed by atoms with E-state index in [-0.39, 0.29) is 5.97 Å². The van der Waals surface area contributed by atoms with Crippen molar-refractivity contribution in [1.29, 1.82) is 0 Å². The standard InChI is InChI=1S/C13H13N3O2/c1-2-18-13(17)6-4-3-5-11-7-9-12(10-8-11)15-16-14/h3-10H,2H2,1H3. The van der Waals surface area contributed by atoms with Gasteiger partial charge < -0.3 is 4.74 Å². The van der Waals surface area contributed by atoms with Crippen molar-refractivity contribution in [1.82, 2.24) is 0 Å². The zero-order valence-electron chi connectivity index (χ0n) is 9.98. The van der Waals surface area contributed by atoms with Crippen LogP contribution >= 0.6 is 0 Å². The summed E-state index contributed by atoms with van der Waals surface area (Å²) in [6.07, 6.45) is 6.53. The van der Waals surface area contributed by atoms with Crippen molar-refractivity contribution in [2.24, 2.45) is 5.11 Å². The molecule has 0 radical (unpaired) electrons. The maximum atomic E-state index is 11.0. The highest BCUT2D eigenvalue weighted by Crippen LogP contribution is 2.13. The molecule has 5 nitrogen and oxygen atoms in total. The van der Waals surface area contributed by atoms with Crippen LogP contribution in [0, 0.1) is 0 Å². The van der Waals surface area contributed by atoms with Crippen LogP contribution in [0.5, 0.6) is 0 Å². The van der Waals surface area contributed by atoms with Crippen LogP contribution in [0.1, 0.15) is 12.5 Å².